The molecule has 1 unspecified atom stereocenters. The number of fused-ring (bicyclic) bond motifs is 2. The predicted molar refractivity (Wildman–Crippen MR) is 120 cm³/mol. The molecule has 0 radical (unpaired) electrons. The summed E-state index contributed by atoms with van der Waals surface area (Å²) in [7, 11) is 0. The molecule has 182 valence electrons. The third-order valence-electron chi connectivity index (χ3n) is 7.42. The molecule has 0 spiro atoms. The first-order valence-electron chi connectivity index (χ1n) is 11.7. The van der Waals surface area contributed by atoms with E-state index in [4.69, 9.17) is 10.8 Å². The largest absolute Gasteiger partial charge is 0.418 e. The molecule has 6 rings (SSSR count). The minimum absolute atomic E-state index is 0.00265. The highest BCUT2D eigenvalue weighted by Gasteiger charge is 2.56. The Morgan fingerprint density at radius 2 is 1.94 bits per heavy atom. The Morgan fingerprint density at radius 1 is 1.23 bits per heavy atom. The van der Waals surface area contributed by atoms with E-state index in [0.29, 0.717) is 22.9 Å². The Balaban J connectivity index is 1.65. The Morgan fingerprint density at radius 3 is 2.57 bits per heavy atom. The van der Waals surface area contributed by atoms with Gasteiger partial charge in [-0.1, -0.05) is 0 Å². The fraction of sp³-hybridized carbons (Fsp3) is 0.500. The van der Waals surface area contributed by atoms with E-state index in [9.17, 15) is 18.4 Å². The molecule has 11 heteroatoms. The molecule has 0 aromatic carbocycles. The third kappa shape index (κ3) is 3.45. The molecule has 0 amide bonds. The number of alkyl halides is 3. The van der Waals surface area contributed by atoms with E-state index in [1.54, 1.807) is 4.68 Å². The van der Waals surface area contributed by atoms with Crippen LogP contribution in [0.25, 0.3) is 22.2 Å². The first-order chi connectivity index (χ1) is 16.7. The molecule has 3 aromatic rings. The van der Waals surface area contributed by atoms with Crippen molar-refractivity contribution >= 4 is 16.7 Å². The maximum Gasteiger partial charge on any atom is 0.418 e. The van der Waals surface area contributed by atoms with Crippen LogP contribution in [0.4, 0.5) is 23.4 Å². The zero-order valence-corrected chi connectivity index (χ0v) is 19.0. The van der Waals surface area contributed by atoms with Gasteiger partial charge in [0.05, 0.1) is 34.8 Å². The second-order valence-electron chi connectivity index (χ2n) is 9.73. The van der Waals surface area contributed by atoms with Gasteiger partial charge in [0.15, 0.2) is 5.82 Å². The molecule has 1 saturated heterocycles. The average Bonchev–Trinajstić information content (AvgIpc) is 3.66. The lowest BCUT2D eigenvalue weighted by atomic mass is 9.98. The Bertz CT molecular complexity index is 1390. The molecule has 2 saturated carbocycles. The number of hydrogen-bond acceptors (Lipinski definition) is 6. The van der Waals surface area contributed by atoms with Gasteiger partial charge in [0, 0.05) is 29.7 Å². The Labute approximate surface area is 198 Å². The number of aryl methyl sites for hydroxylation is 2. The molecule has 3 N–H and O–H groups in total. The summed E-state index contributed by atoms with van der Waals surface area (Å²) < 4.78 is 60.1. The Hall–Kier alpha value is -3.26. The molecular formula is C24H23F4N7. The molecule has 3 atom stereocenters. The van der Waals surface area contributed by atoms with Gasteiger partial charge >= 0.3 is 6.18 Å². The monoisotopic (exact) mass is 485 g/mol. The summed E-state index contributed by atoms with van der Waals surface area (Å²) >= 11 is 0. The van der Waals surface area contributed by atoms with E-state index in [-0.39, 0.29) is 41.8 Å². The van der Waals surface area contributed by atoms with E-state index >= 15 is 4.39 Å². The van der Waals surface area contributed by atoms with Crippen molar-refractivity contribution in [1.29, 1.82) is 5.26 Å². The van der Waals surface area contributed by atoms with E-state index in [2.05, 4.69) is 21.4 Å². The van der Waals surface area contributed by atoms with Crippen molar-refractivity contribution in [1.82, 2.24) is 25.1 Å². The van der Waals surface area contributed by atoms with E-state index < -0.39 is 28.8 Å². The van der Waals surface area contributed by atoms with Gasteiger partial charge in [0.1, 0.15) is 17.0 Å². The van der Waals surface area contributed by atoms with Crippen molar-refractivity contribution in [3.05, 3.63) is 34.5 Å². The molecular weight excluding hydrogens is 462 g/mol. The van der Waals surface area contributed by atoms with Crippen LogP contribution in [-0.2, 0) is 12.6 Å². The maximum atomic E-state index is 16.3. The average molecular weight is 485 g/mol. The van der Waals surface area contributed by atoms with Gasteiger partial charge < -0.3 is 11.1 Å². The van der Waals surface area contributed by atoms with Crippen molar-refractivity contribution in [2.45, 2.75) is 50.7 Å². The molecule has 7 nitrogen and oxygen atoms in total. The molecule has 3 aromatic heterocycles. The normalized spacial score (nSPS) is 23.5. The molecule has 0 bridgehead atoms. The fourth-order valence-electron chi connectivity index (χ4n) is 5.71. The Kier molecular flexibility index (Phi) is 4.84. The quantitative estimate of drug-likeness (QED) is 0.523. The summed E-state index contributed by atoms with van der Waals surface area (Å²) in [5.41, 5.74) is 4.84. The number of nitrogens with zero attached hydrogens (tertiary/aromatic N) is 5. The number of aromatic nitrogens is 4. The number of nitrogen functional groups attached to an aromatic ring is 1. The fourth-order valence-corrected chi connectivity index (χ4v) is 5.71. The highest BCUT2D eigenvalue weighted by atomic mass is 19.4. The summed E-state index contributed by atoms with van der Waals surface area (Å²) in [4.78, 5) is 8.20. The highest BCUT2D eigenvalue weighted by Crippen LogP contribution is 2.58. The number of piperidine rings is 1. The van der Waals surface area contributed by atoms with Crippen molar-refractivity contribution in [3.63, 3.8) is 0 Å². The number of nitriles is 1. The third-order valence-corrected chi connectivity index (χ3v) is 7.42. The molecule has 4 heterocycles. The van der Waals surface area contributed by atoms with E-state index in [1.807, 2.05) is 0 Å². The van der Waals surface area contributed by atoms with Crippen molar-refractivity contribution < 1.29 is 17.6 Å². The molecule has 1 aliphatic heterocycles. The summed E-state index contributed by atoms with van der Waals surface area (Å²) in [6, 6.07) is 3.10. The SMILES string of the molecule is Cc1nc(N)cc(-c2nc(CCC#N)c3c(C4[C@H]5CNC[C@@H]45)nn(C4CC4)c3c2F)c1C(F)(F)F. The number of rotatable bonds is 5. The lowest BCUT2D eigenvalue weighted by Crippen LogP contribution is -2.14. The molecule has 3 aliphatic rings. The lowest BCUT2D eigenvalue weighted by Gasteiger charge is -2.17. The van der Waals surface area contributed by atoms with Crippen LogP contribution in [0.1, 0.15) is 53.9 Å². The zero-order valence-electron chi connectivity index (χ0n) is 19.0. The summed E-state index contributed by atoms with van der Waals surface area (Å²) in [6.45, 7) is 2.92. The molecule has 3 fully saturated rings. The van der Waals surface area contributed by atoms with Gasteiger partial charge in [-0.25, -0.2) is 14.4 Å². The number of halogens is 4. The van der Waals surface area contributed by atoms with Gasteiger partial charge in [-0.3, -0.25) is 4.68 Å². The van der Waals surface area contributed by atoms with Crippen molar-refractivity contribution in [3.8, 4) is 17.3 Å². The minimum Gasteiger partial charge on any atom is -0.384 e. The predicted octanol–water partition coefficient (Wildman–Crippen LogP) is 4.27. The van der Waals surface area contributed by atoms with E-state index in [0.717, 1.165) is 37.7 Å². The topological polar surface area (TPSA) is 105 Å². The number of hydrogen-bond donors (Lipinski definition) is 2. The zero-order chi connectivity index (χ0) is 24.6. The standard InChI is InChI=1S/C24H23F4N7/c1-10-19(24(26,27)28)12(7-16(30)32-10)21-20(25)23-18(15(33-21)3-2-6-29)22(34-35(23)11-4-5-11)17-13-8-31-9-14(13)17/h7,11,13-14,17,31H,2-5,8-9H2,1H3,(H2,30,32)/t13-,14+,17?. The van der Waals surface area contributed by atoms with Crippen LogP contribution in [0, 0.1) is 35.9 Å². The summed E-state index contributed by atoms with van der Waals surface area (Å²) in [5.74, 6) is -0.0133. The second kappa shape index (κ2) is 7.62. The number of nitrogens with two attached hydrogens (primary N) is 1. The number of pyridine rings is 2. The molecule has 35 heavy (non-hydrogen) atoms. The van der Waals surface area contributed by atoms with E-state index in [1.165, 1.54) is 6.92 Å². The summed E-state index contributed by atoms with van der Waals surface area (Å²) in [6.07, 6.45) is -2.84. The van der Waals surface area contributed by atoms with Crippen LogP contribution in [0.3, 0.4) is 0 Å². The van der Waals surface area contributed by atoms with Gasteiger partial charge in [-0.15, -0.1) is 0 Å². The highest BCUT2D eigenvalue weighted by molar-refractivity contribution is 5.90. The van der Waals surface area contributed by atoms with Gasteiger partial charge in [-0.2, -0.15) is 23.5 Å². The van der Waals surface area contributed by atoms with Crippen LogP contribution in [0.5, 0.6) is 0 Å². The van der Waals surface area contributed by atoms with Crippen LogP contribution in [0.15, 0.2) is 6.07 Å². The van der Waals surface area contributed by atoms with Gasteiger partial charge in [-0.05, 0) is 50.8 Å². The van der Waals surface area contributed by atoms with Crippen molar-refractivity contribution in [2.75, 3.05) is 18.8 Å². The number of anilines is 1. The molecule has 2 aliphatic carbocycles. The number of nitrogens with one attached hydrogen (secondary N) is 1. The smallest absolute Gasteiger partial charge is 0.384 e. The van der Waals surface area contributed by atoms with Crippen LogP contribution < -0.4 is 11.1 Å². The van der Waals surface area contributed by atoms with Crippen LogP contribution in [0.2, 0.25) is 0 Å². The maximum absolute atomic E-state index is 16.3. The van der Waals surface area contributed by atoms with Gasteiger partial charge in [0.2, 0.25) is 0 Å². The second-order valence-corrected chi connectivity index (χ2v) is 9.73. The first-order valence-corrected chi connectivity index (χ1v) is 11.7. The van der Waals surface area contributed by atoms with Gasteiger partial charge in [0.25, 0.3) is 0 Å². The summed E-state index contributed by atoms with van der Waals surface area (Å²) in [5, 5.41) is 18.0. The van der Waals surface area contributed by atoms with Crippen LogP contribution in [-0.4, -0.2) is 32.8 Å². The lowest BCUT2D eigenvalue weighted by molar-refractivity contribution is -0.137. The first kappa shape index (κ1) is 22.2. The van der Waals surface area contributed by atoms with Crippen LogP contribution >= 0.6 is 0 Å². The minimum atomic E-state index is -4.78. The van der Waals surface area contributed by atoms with Crippen molar-refractivity contribution in [2.24, 2.45) is 11.8 Å².